The molecule has 3 aliphatic heterocycles. The van der Waals surface area contributed by atoms with Crippen LogP contribution in [-0.4, -0.2) is 69.5 Å². The number of hydrogen-bond donors (Lipinski definition) is 3. The Bertz CT molecular complexity index is 1310. The van der Waals surface area contributed by atoms with Crippen molar-refractivity contribution in [1.29, 1.82) is 0 Å². The minimum Gasteiger partial charge on any atom is -0.507 e. The lowest BCUT2D eigenvalue weighted by atomic mass is 9.97. The number of piperidine rings is 1. The van der Waals surface area contributed by atoms with E-state index < -0.39 is 5.97 Å². The van der Waals surface area contributed by atoms with Gasteiger partial charge in [-0.2, -0.15) is 0 Å². The Morgan fingerprint density at radius 2 is 1.68 bits per heavy atom. The normalized spacial score (nSPS) is 22.1. The summed E-state index contributed by atoms with van der Waals surface area (Å²) < 4.78 is 0. The summed E-state index contributed by atoms with van der Waals surface area (Å²) >= 11 is 0. The van der Waals surface area contributed by atoms with Crippen molar-refractivity contribution in [2.75, 3.05) is 41.7 Å². The average Bonchev–Trinajstić information content (AvgIpc) is 3.19. The van der Waals surface area contributed by atoms with E-state index >= 15 is 0 Å². The molecule has 198 valence electrons. The van der Waals surface area contributed by atoms with Gasteiger partial charge in [0.15, 0.2) is 5.82 Å². The van der Waals surface area contributed by atoms with Gasteiger partial charge in [-0.15, -0.1) is 10.2 Å². The number of likely N-dealkylation sites (tertiary alicyclic amines) is 1. The third kappa shape index (κ3) is 4.74. The van der Waals surface area contributed by atoms with Crippen LogP contribution in [0.3, 0.4) is 0 Å². The van der Waals surface area contributed by atoms with E-state index in [9.17, 15) is 15.0 Å². The molecule has 2 bridgehead atoms. The van der Waals surface area contributed by atoms with Crippen molar-refractivity contribution in [2.24, 2.45) is 5.92 Å². The van der Waals surface area contributed by atoms with Crippen molar-refractivity contribution in [3.05, 3.63) is 60.2 Å². The largest absolute Gasteiger partial charge is 0.507 e. The lowest BCUT2D eigenvalue weighted by Crippen LogP contribution is -2.54. The van der Waals surface area contributed by atoms with E-state index in [1.165, 1.54) is 11.3 Å². The second kappa shape index (κ2) is 10.1. The van der Waals surface area contributed by atoms with Crippen LogP contribution in [0, 0.1) is 5.92 Å². The number of nitrogen functional groups attached to an aromatic ring is 1. The fourth-order valence-corrected chi connectivity index (χ4v) is 6.40. The fourth-order valence-electron chi connectivity index (χ4n) is 6.40. The molecule has 2 aromatic carbocycles. The van der Waals surface area contributed by atoms with Gasteiger partial charge in [0.25, 0.3) is 0 Å². The van der Waals surface area contributed by atoms with E-state index in [0.29, 0.717) is 29.2 Å². The third-order valence-corrected chi connectivity index (χ3v) is 8.36. The maximum atomic E-state index is 11.3. The molecule has 6 rings (SSSR count). The first-order chi connectivity index (χ1) is 18.5. The quantitative estimate of drug-likeness (QED) is 0.453. The van der Waals surface area contributed by atoms with E-state index in [1.54, 1.807) is 12.1 Å². The molecule has 0 spiro atoms. The van der Waals surface area contributed by atoms with E-state index in [-0.39, 0.29) is 11.7 Å². The lowest BCUT2D eigenvalue weighted by Gasteiger charge is -2.43. The van der Waals surface area contributed by atoms with Crippen molar-refractivity contribution in [3.63, 3.8) is 0 Å². The topological polar surface area (TPSA) is 119 Å². The molecule has 3 saturated heterocycles. The summed E-state index contributed by atoms with van der Waals surface area (Å²) in [5.41, 5.74) is 11.0. The molecule has 0 saturated carbocycles. The summed E-state index contributed by atoms with van der Waals surface area (Å²) in [5.74, 6) is -0.289. The number of fused-ring (bicyclic) bond motifs is 2. The molecule has 0 radical (unpaired) electrons. The number of phenols is 1. The van der Waals surface area contributed by atoms with Crippen LogP contribution in [0.1, 0.15) is 31.2 Å². The summed E-state index contributed by atoms with van der Waals surface area (Å²) in [4.78, 5) is 18.5. The smallest absolute Gasteiger partial charge is 0.306 e. The summed E-state index contributed by atoms with van der Waals surface area (Å²) in [6, 6.07) is 18.7. The molecule has 2 unspecified atom stereocenters. The van der Waals surface area contributed by atoms with Gasteiger partial charge in [0, 0.05) is 43.0 Å². The van der Waals surface area contributed by atoms with Crippen molar-refractivity contribution >= 4 is 23.2 Å². The van der Waals surface area contributed by atoms with Crippen LogP contribution < -0.4 is 15.5 Å². The number of nitrogens with zero attached hydrogens (tertiary/aromatic N) is 5. The first kappa shape index (κ1) is 24.5. The number of nitrogens with two attached hydrogens (primary N) is 1. The van der Waals surface area contributed by atoms with E-state index in [0.717, 1.165) is 64.1 Å². The summed E-state index contributed by atoms with van der Waals surface area (Å²) in [6.45, 7) is 4.20. The minimum atomic E-state index is -0.667. The monoisotopic (exact) mass is 514 g/mol. The number of rotatable bonds is 6. The van der Waals surface area contributed by atoms with Gasteiger partial charge in [0.1, 0.15) is 5.75 Å². The first-order valence-electron chi connectivity index (χ1n) is 13.4. The SMILES string of the molecule is Nc1nnc(-c2ccccc2O)cc1N1CC2CCC(C1)N2c1cccc(CN2CCC(C(=O)O)CC2)c1. The Morgan fingerprint density at radius 1 is 0.947 bits per heavy atom. The maximum Gasteiger partial charge on any atom is 0.306 e. The Kier molecular flexibility index (Phi) is 6.53. The van der Waals surface area contributed by atoms with Crippen LogP contribution in [-0.2, 0) is 11.3 Å². The van der Waals surface area contributed by atoms with Crippen LogP contribution in [0.15, 0.2) is 54.6 Å². The minimum absolute atomic E-state index is 0.175. The van der Waals surface area contributed by atoms with Crippen LogP contribution in [0.25, 0.3) is 11.3 Å². The van der Waals surface area contributed by atoms with Gasteiger partial charge in [-0.1, -0.05) is 24.3 Å². The highest BCUT2D eigenvalue weighted by Crippen LogP contribution is 2.39. The van der Waals surface area contributed by atoms with Crippen molar-refractivity contribution in [1.82, 2.24) is 15.1 Å². The number of aromatic nitrogens is 2. The van der Waals surface area contributed by atoms with Crippen molar-refractivity contribution < 1.29 is 15.0 Å². The zero-order valence-corrected chi connectivity index (χ0v) is 21.4. The Labute approximate surface area is 222 Å². The first-order valence-corrected chi connectivity index (χ1v) is 13.4. The molecule has 38 heavy (non-hydrogen) atoms. The third-order valence-electron chi connectivity index (χ3n) is 8.36. The molecular weight excluding hydrogens is 480 g/mol. The van der Waals surface area contributed by atoms with Gasteiger partial charge in [-0.3, -0.25) is 9.69 Å². The van der Waals surface area contributed by atoms with Crippen LogP contribution in [0.4, 0.5) is 17.2 Å². The lowest BCUT2D eigenvalue weighted by molar-refractivity contribution is -0.143. The summed E-state index contributed by atoms with van der Waals surface area (Å²) in [5, 5.41) is 28.1. The van der Waals surface area contributed by atoms with E-state index in [1.807, 2.05) is 18.2 Å². The highest BCUT2D eigenvalue weighted by Gasteiger charge is 2.40. The molecule has 0 aliphatic carbocycles. The summed E-state index contributed by atoms with van der Waals surface area (Å²) in [7, 11) is 0. The number of benzene rings is 2. The number of aliphatic carboxylic acids is 1. The van der Waals surface area contributed by atoms with Gasteiger partial charge in [0.05, 0.1) is 17.3 Å². The number of carboxylic acids is 1. The molecule has 4 heterocycles. The molecule has 4 N–H and O–H groups in total. The van der Waals surface area contributed by atoms with Gasteiger partial charge in [-0.25, -0.2) is 0 Å². The molecular formula is C29H34N6O3. The van der Waals surface area contributed by atoms with Crippen molar-refractivity contribution in [2.45, 2.75) is 44.3 Å². The number of phenolic OH excluding ortho intramolecular Hbond substituents is 1. The molecule has 9 nitrogen and oxygen atoms in total. The van der Waals surface area contributed by atoms with Gasteiger partial charge < -0.3 is 25.7 Å². The summed E-state index contributed by atoms with van der Waals surface area (Å²) in [6.07, 6.45) is 3.69. The second-order valence-electron chi connectivity index (χ2n) is 10.8. The zero-order chi connectivity index (χ0) is 26.2. The van der Waals surface area contributed by atoms with Crippen molar-refractivity contribution in [3.8, 4) is 17.0 Å². The molecule has 2 atom stereocenters. The highest BCUT2D eigenvalue weighted by molar-refractivity contribution is 5.74. The Balaban J connectivity index is 1.17. The number of anilines is 3. The molecule has 1 aromatic heterocycles. The van der Waals surface area contributed by atoms with Crippen LogP contribution in [0.2, 0.25) is 0 Å². The number of carbonyl (C=O) groups is 1. The molecule has 3 aromatic rings. The predicted octanol–water partition coefficient (Wildman–Crippen LogP) is 3.59. The standard InChI is InChI=1S/C29H34N6O3/c30-28-26(15-25(31-32-28)24-6-1-2-7-27(24)36)34-17-22-8-9-23(18-34)35(22)21-5-3-4-19(14-21)16-33-12-10-20(11-13-33)29(37)38/h1-7,14-15,20,22-23,36H,8-13,16-18H2,(H2,30,32)(H,37,38). The predicted molar refractivity (Wildman–Crippen MR) is 147 cm³/mol. The molecule has 3 aliphatic rings. The maximum absolute atomic E-state index is 11.3. The number of piperazine rings is 1. The number of aromatic hydroxyl groups is 1. The average molecular weight is 515 g/mol. The Hall–Kier alpha value is -3.85. The number of carboxylic acid groups (broad SMARTS) is 1. The molecule has 9 heteroatoms. The number of hydrogen-bond acceptors (Lipinski definition) is 8. The van der Waals surface area contributed by atoms with Crippen LogP contribution in [0.5, 0.6) is 5.75 Å². The highest BCUT2D eigenvalue weighted by atomic mass is 16.4. The van der Waals surface area contributed by atoms with Gasteiger partial charge in [-0.05, 0) is 74.7 Å². The van der Waals surface area contributed by atoms with Crippen LogP contribution >= 0.6 is 0 Å². The molecule has 3 fully saturated rings. The fraction of sp³-hybridized carbons (Fsp3) is 0.414. The number of para-hydroxylation sites is 1. The van der Waals surface area contributed by atoms with Gasteiger partial charge >= 0.3 is 5.97 Å². The molecule has 0 amide bonds. The Morgan fingerprint density at radius 3 is 2.39 bits per heavy atom. The van der Waals surface area contributed by atoms with Gasteiger partial charge in [0.2, 0.25) is 0 Å². The van der Waals surface area contributed by atoms with E-state index in [4.69, 9.17) is 5.73 Å². The second-order valence-corrected chi connectivity index (χ2v) is 10.8. The van der Waals surface area contributed by atoms with E-state index in [2.05, 4.69) is 49.2 Å². The zero-order valence-electron chi connectivity index (χ0n) is 21.4.